The van der Waals surface area contributed by atoms with Gasteiger partial charge < -0.3 is 15.0 Å². The zero-order valence-electron chi connectivity index (χ0n) is 20.2. The van der Waals surface area contributed by atoms with Crippen molar-refractivity contribution in [1.29, 1.82) is 0 Å². The third kappa shape index (κ3) is 7.70. The molecule has 194 valence electrons. The first-order valence-electron chi connectivity index (χ1n) is 12.0. The Morgan fingerprint density at radius 2 is 2.00 bits per heavy atom. The number of rotatable bonds is 10. The summed E-state index contributed by atoms with van der Waals surface area (Å²) in [5.41, 5.74) is 1.28. The molecule has 1 saturated carbocycles. The Morgan fingerprint density at radius 3 is 2.57 bits per heavy atom. The van der Waals surface area contributed by atoms with E-state index >= 15 is 0 Å². The van der Waals surface area contributed by atoms with Gasteiger partial charge in [-0.1, -0.05) is 39.2 Å². The largest absolute Gasteiger partial charge is 0.466 e. The molecule has 0 amide bonds. The maximum atomic E-state index is 14.0. The number of hydrogen-bond acceptors (Lipinski definition) is 7. The van der Waals surface area contributed by atoms with Crippen LogP contribution in [0.4, 0.5) is 29.7 Å². The van der Waals surface area contributed by atoms with Crippen molar-refractivity contribution in [2.45, 2.75) is 77.4 Å². The molecule has 1 heterocycles. The van der Waals surface area contributed by atoms with E-state index in [0.29, 0.717) is 22.8 Å². The summed E-state index contributed by atoms with van der Waals surface area (Å²) in [7, 11) is 0. The number of hydrogen-bond donors (Lipinski definition) is 1. The molecule has 11 heteroatoms. The Hall–Kier alpha value is -2.07. The number of anilines is 3. The maximum absolute atomic E-state index is 14.0. The first-order valence-corrected chi connectivity index (χ1v) is 13.1. The van der Waals surface area contributed by atoms with Crippen LogP contribution in [0.25, 0.3) is 0 Å². The van der Waals surface area contributed by atoms with Crippen LogP contribution in [-0.2, 0) is 9.53 Å². The van der Waals surface area contributed by atoms with Crippen molar-refractivity contribution in [3.8, 4) is 0 Å². The van der Waals surface area contributed by atoms with Crippen LogP contribution in [0.3, 0.4) is 0 Å². The third-order valence-corrected chi connectivity index (χ3v) is 6.92. The molecule has 1 N–H and O–H groups in total. The molecule has 0 aliphatic heterocycles. The number of aromatic nitrogens is 2. The Morgan fingerprint density at radius 1 is 1.29 bits per heavy atom. The van der Waals surface area contributed by atoms with Gasteiger partial charge in [0, 0.05) is 24.1 Å². The highest BCUT2D eigenvalue weighted by Gasteiger charge is 2.42. The number of halogens is 4. The predicted octanol–water partition coefficient (Wildman–Crippen LogP) is 7.33. The van der Waals surface area contributed by atoms with Crippen molar-refractivity contribution in [2.75, 3.05) is 23.4 Å². The highest BCUT2D eigenvalue weighted by atomic mass is 35.5. The summed E-state index contributed by atoms with van der Waals surface area (Å²) in [6.45, 7) is 6.61. The molecule has 1 atom stereocenters. The summed E-state index contributed by atoms with van der Waals surface area (Å²) in [6, 6.07) is 4.97. The van der Waals surface area contributed by atoms with Crippen molar-refractivity contribution in [2.24, 2.45) is 5.92 Å². The number of nitrogens with zero attached hydrogens (tertiary/aromatic N) is 3. The van der Waals surface area contributed by atoms with Crippen LogP contribution in [0.15, 0.2) is 18.2 Å². The summed E-state index contributed by atoms with van der Waals surface area (Å²) in [5, 5.41) is 3.60. The van der Waals surface area contributed by atoms with E-state index in [9.17, 15) is 18.0 Å². The molecule has 1 aromatic carbocycles. The van der Waals surface area contributed by atoms with Crippen molar-refractivity contribution in [3.63, 3.8) is 0 Å². The van der Waals surface area contributed by atoms with Gasteiger partial charge in [-0.2, -0.15) is 22.5 Å². The molecule has 0 spiro atoms. The van der Waals surface area contributed by atoms with E-state index < -0.39 is 24.5 Å². The van der Waals surface area contributed by atoms with Gasteiger partial charge in [0.25, 0.3) is 0 Å². The molecule has 1 aliphatic carbocycles. The van der Waals surface area contributed by atoms with Gasteiger partial charge in [-0.05, 0) is 55.0 Å². The summed E-state index contributed by atoms with van der Waals surface area (Å²) < 4.78 is 50.8. The van der Waals surface area contributed by atoms with Gasteiger partial charge in [0.05, 0.1) is 30.3 Å². The maximum Gasteiger partial charge on any atom is 0.396 e. The van der Waals surface area contributed by atoms with Crippen LogP contribution < -0.4 is 10.2 Å². The van der Waals surface area contributed by atoms with E-state index in [4.69, 9.17) is 16.3 Å². The number of benzene rings is 1. The van der Waals surface area contributed by atoms with Gasteiger partial charge in [0.2, 0.25) is 10.4 Å². The van der Waals surface area contributed by atoms with Gasteiger partial charge in [0.15, 0.2) is 0 Å². The smallest absolute Gasteiger partial charge is 0.396 e. The lowest BCUT2D eigenvalue weighted by molar-refractivity contribution is -0.166. The first-order chi connectivity index (χ1) is 16.6. The van der Waals surface area contributed by atoms with Gasteiger partial charge in [0.1, 0.15) is 0 Å². The predicted molar refractivity (Wildman–Crippen MR) is 134 cm³/mol. The summed E-state index contributed by atoms with van der Waals surface area (Å²) >= 11 is 6.92. The van der Waals surface area contributed by atoms with E-state index in [1.165, 1.54) is 18.6 Å². The molecule has 1 fully saturated rings. The van der Waals surface area contributed by atoms with Crippen LogP contribution in [0.1, 0.15) is 70.8 Å². The zero-order valence-corrected chi connectivity index (χ0v) is 21.8. The van der Waals surface area contributed by atoms with Crippen LogP contribution in [0.2, 0.25) is 5.28 Å². The SMILES string of the molecule is CCOC(=O)CC(c1ccc(N(CC(C)C)C2CCCCC2)c(Nc2nc(Cl)ns2)c1)C(F)(F)F. The minimum atomic E-state index is -4.61. The second-order valence-corrected chi connectivity index (χ2v) is 10.3. The average molecular weight is 533 g/mol. The van der Waals surface area contributed by atoms with Crippen molar-refractivity contribution < 1.29 is 22.7 Å². The molecule has 3 rings (SSSR count). The minimum Gasteiger partial charge on any atom is -0.466 e. The summed E-state index contributed by atoms with van der Waals surface area (Å²) in [6.07, 6.45) is 0.126. The minimum absolute atomic E-state index is 0.0134. The number of nitrogens with one attached hydrogen (secondary N) is 1. The quantitative estimate of drug-likeness (QED) is 0.323. The third-order valence-electron chi connectivity index (χ3n) is 6.02. The Bertz CT molecular complexity index is 980. The summed E-state index contributed by atoms with van der Waals surface area (Å²) in [4.78, 5) is 18.4. The fraction of sp³-hybridized carbons (Fsp3) is 0.625. The number of ether oxygens (including phenoxy) is 1. The highest BCUT2D eigenvalue weighted by molar-refractivity contribution is 7.10. The van der Waals surface area contributed by atoms with Crippen molar-refractivity contribution in [1.82, 2.24) is 9.36 Å². The Kier molecular flexibility index (Phi) is 9.63. The second-order valence-electron chi connectivity index (χ2n) is 9.21. The fourth-order valence-corrected chi connectivity index (χ4v) is 5.26. The van der Waals surface area contributed by atoms with E-state index in [1.54, 1.807) is 13.0 Å². The van der Waals surface area contributed by atoms with Gasteiger partial charge in [-0.25, -0.2) is 0 Å². The zero-order chi connectivity index (χ0) is 25.6. The van der Waals surface area contributed by atoms with Crippen LogP contribution in [-0.4, -0.2) is 40.7 Å². The lowest BCUT2D eigenvalue weighted by atomic mass is 9.91. The van der Waals surface area contributed by atoms with Crippen molar-refractivity contribution >= 4 is 45.6 Å². The van der Waals surface area contributed by atoms with Gasteiger partial charge >= 0.3 is 12.1 Å². The molecule has 35 heavy (non-hydrogen) atoms. The highest BCUT2D eigenvalue weighted by Crippen LogP contribution is 2.42. The Labute approximate surface area is 213 Å². The van der Waals surface area contributed by atoms with Crippen LogP contribution >= 0.6 is 23.1 Å². The van der Waals surface area contributed by atoms with Crippen molar-refractivity contribution in [3.05, 3.63) is 29.0 Å². The van der Waals surface area contributed by atoms with E-state index in [1.807, 2.05) is 0 Å². The molecule has 1 aromatic heterocycles. The standard InChI is InChI=1S/C24H32ClF3N4O2S/c1-4-34-21(33)13-18(24(26,27)28)16-10-11-20(19(12-16)29-23-30-22(25)31-35-23)32(14-15(2)3)17-8-6-5-7-9-17/h10-12,15,17-18H,4-9,13-14H2,1-3H3,(H,29,30,31). The Balaban J connectivity index is 2.06. The molecule has 1 aliphatic rings. The average Bonchev–Trinajstić information content (AvgIpc) is 3.20. The molecular weight excluding hydrogens is 501 g/mol. The molecule has 1 unspecified atom stereocenters. The lowest BCUT2D eigenvalue weighted by Crippen LogP contribution is -2.39. The second kappa shape index (κ2) is 12.3. The number of esters is 1. The number of carbonyl (C=O) groups excluding carboxylic acids is 1. The topological polar surface area (TPSA) is 67.3 Å². The number of alkyl halides is 3. The first kappa shape index (κ1) is 27.5. The molecular formula is C24H32ClF3N4O2S. The molecule has 6 nitrogen and oxygen atoms in total. The van der Waals surface area contributed by atoms with E-state index in [2.05, 4.69) is 33.4 Å². The lowest BCUT2D eigenvalue weighted by Gasteiger charge is -2.38. The van der Waals surface area contributed by atoms with Crippen LogP contribution in [0, 0.1) is 5.92 Å². The monoisotopic (exact) mass is 532 g/mol. The molecule has 0 bridgehead atoms. The van der Waals surface area contributed by atoms with Crippen LogP contribution in [0.5, 0.6) is 0 Å². The molecule has 0 radical (unpaired) electrons. The normalized spacial score (nSPS) is 15.8. The van der Waals surface area contributed by atoms with E-state index in [0.717, 1.165) is 49.4 Å². The fourth-order valence-electron chi connectivity index (χ4n) is 4.53. The van der Waals surface area contributed by atoms with E-state index in [-0.39, 0.29) is 17.5 Å². The van der Waals surface area contributed by atoms with Gasteiger partial charge in [-0.15, -0.1) is 0 Å². The molecule has 0 saturated heterocycles. The summed E-state index contributed by atoms with van der Waals surface area (Å²) in [5.74, 6) is -2.51. The van der Waals surface area contributed by atoms with Gasteiger partial charge in [-0.3, -0.25) is 4.79 Å². The number of carbonyl (C=O) groups is 1. The molecule has 2 aromatic rings.